The first kappa shape index (κ1) is 16.7. The number of unbranched alkanes of at least 4 members (excludes halogenated alkanes) is 1. The molecule has 0 unspecified atom stereocenters. The molecule has 1 heteroatoms. The van der Waals surface area contributed by atoms with Crippen LogP contribution in [0.3, 0.4) is 0 Å². The Kier molecular flexibility index (Phi) is 4.71. The van der Waals surface area contributed by atoms with Gasteiger partial charge in [0.2, 0.25) is 0 Å². The number of rotatable bonds is 4. The molecule has 1 aromatic heterocycles. The van der Waals surface area contributed by atoms with Gasteiger partial charge in [0, 0.05) is 10.9 Å². The Labute approximate surface area is 145 Å². The molecule has 124 valence electrons. The summed E-state index contributed by atoms with van der Waals surface area (Å²) in [4.78, 5) is 5.04. The lowest BCUT2D eigenvalue weighted by Crippen LogP contribution is -1.99. The molecule has 0 fully saturated rings. The van der Waals surface area contributed by atoms with Crippen LogP contribution in [-0.2, 0) is 6.42 Å². The Morgan fingerprint density at radius 1 is 0.833 bits per heavy atom. The van der Waals surface area contributed by atoms with Gasteiger partial charge in [0.05, 0.1) is 11.2 Å². The number of aryl methyl sites for hydroxylation is 4. The maximum atomic E-state index is 5.04. The molecule has 0 aliphatic heterocycles. The minimum absolute atomic E-state index is 1.12. The molecule has 0 bridgehead atoms. The number of nitrogens with zero attached hydrogens (tertiary/aromatic N) is 1. The molecule has 2 aromatic carbocycles. The summed E-state index contributed by atoms with van der Waals surface area (Å²) < 4.78 is 0. The van der Waals surface area contributed by atoms with E-state index < -0.39 is 0 Å². The first-order chi connectivity index (χ1) is 11.5. The monoisotopic (exact) mass is 317 g/mol. The maximum absolute atomic E-state index is 5.04. The number of fused-ring (bicyclic) bond motifs is 1. The van der Waals surface area contributed by atoms with Gasteiger partial charge >= 0.3 is 0 Å². The standard InChI is InChI=1S/C23H27N/c1-6-7-8-20-18(5)23(19-12-16(3)11-17(4)13-19)24-22-10-9-15(2)14-21(20)22/h9-14H,6-8H2,1-5H3. The Bertz CT molecular complexity index is 870. The Morgan fingerprint density at radius 2 is 1.54 bits per heavy atom. The van der Waals surface area contributed by atoms with E-state index in [0.717, 1.165) is 17.6 Å². The molecule has 0 spiro atoms. The average Bonchev–Trinajstić information content (AvgIpc) is 2.53. The minimum atomic E-state index is 1.12. The average molecular weight is 317 g/mol. The summed E-state index contributed by atoms with van der Waals surface area (Å²) in [6.07, 6.45) is 3.57. The van der Waals surface area contributed by atoms with Crippen LogP contribution < -0.4 is 0 Å². The zero-order valence-corrected chi connectivity index (χ0v) is 15.5. The van der Waals surface area contributed by atoms with Crippen molar-refractivity contribution in [1.29, 1.82) is 0 Å². The first-order valence-electron chi connectivity index (χ1n) is 8.98. The lowest BCUT2D eigenvalue weighted by atomic mass is 9.93. The van der Waals surface area contributed by atoms with E-state index in [1.54, 1.807) is 0 Å². The predicted molar refractivity (Wildman–Crippen MR) is 105 cm³/mol. The van der Waals surface area contributed by atoms with Crippen molar-refractivity contribution in [2.45, 2.75) is 53.9 Å². The van der Waals surface area contributed by atoms with E-state index in [-0.39, 0.29) is 0 Å². The molecule has 1 nitrogen and oxygen atoms in total. The van der Waals surface area contributed by atoms with Gasteiger partial charge in [-0.15, -0.1) is 0 Å². The van der Waals surface area contributed by atoms with Crippen molar-refractivity contribution in [3.63, 3.8) is 0 Å². The third-order valence-corrected chi connectivity index (χ3v) is 4.79. The van der Waals surface area contributed by atoms with Gasteiger partial charge in [-0.05, 0) is 75.9 Å². The highest BCUT2D eigenvalue weighted by atomic mass is 14.7. The van der Waals surface area contributed by atoms with Crippen molar-refractivity contribution in [2.24, 2.45) is 0 Å². The maximum Gasteiger partial charge on any atom is 0.0741 e. The van der Waals surface area contributed by atoms with Crippen LogP contribution in [-0.4, -0.2) is 4.98 Å². The van der Waals surface area contributed by atoms with E-state index in [9.17, 15) is 0 Å². The smallest absolute Gasteiger partial charge is 0.0741 e. The summed E-state index contributed by atoms with van der Waals surface area (Å²) in [7, 11) is 0. The van der Waals surface area contributed by atoms with Gasteiger partial charge in [0.15, 0.2) is 0 Å². The first-order valence-corrected chi connectivity index (χ1v) is 8.98. The van der Waals surface area contributed by atoms with E-state index in [0.29, 0.717) is 0 Å². The molecular weight excluding hydrogens is 290 g/mol. The van der Waals surface area contributed by atoms with Crippen LogP contribution in [0.4, 0.5) is 0 Å². The van der Waals surface area contributed by atoms with Gasteiger partial charge in [-0.25, -0.2) is 4.98 Å². The topological polar surface area (TPSA) is 12.9 Å². The van der Waals surface area contributed by atoms with E-state index in [2.05, 4.69) is 71.0 Å². The molecule has 0 aliphatic carbocycles. The second-order valence-electron chi connectivity index (χ2n) is 7.06. The highest BCUT2D eigenvalue weighted by molar-refractivity contribution is 5.88. The molecule has 1 heterocycles. The van der Waals surface area contributed by atoms with Crippen molar-refractivity contribution in [3.05, 3.63) is 64.2 Å². The zero-order chi connectivity index (χ0) is 17.3. The van der Waals surface area contributed by atoms with E-state index in [1.807, 2.05) is 0 Å². The normalized spacial score (nSPS) is 11.2. The van der Waals surface area contributed by atoms with Gasteiger partial charge in [0.1, 0.15) is 0 Å². The summed E-state index contributed by atoms with van der Waals surface area (Å²) in [5.41, 5.74) is 10.2. The quantitative estimate of drug-likeness (QED) is 0.537. The van der Waals surface area contributed by atoms with Crippen LogP contribution in [0.25, 0.3) is 22.2 Å². The third-order valence-electron chi connectivity index (χ3n) is 4.79. The van der Waals surface area contributed by atoms with Gasteiger partial charge < -0.3 is 0 Å². The van der Waals surface area contributed by atoms with Crippen LogP contribution in [0.1, 0.15) is 47.6 Å². The van der Waals surface area contributed by atoms with Crippen molar-refractivity contribution >= 4 is 10.9 Å². The van der Waals surface area contributed by atoms with Gasteiger partial charge in [-0.2, -0.15) is 0 Å². The fourth-order valence-corrected chi connectivity index (χ4v) is 3.61. The SMILES string of the molecule is CCCCc1c(C)c(-c2cc(C)cc(C)c2)nc2ccc(C)cc12. The van der Waals surface area contributed by atoms with Crippen LogP contribution in [0.5, 0.6) is 0 Å². The predicted octanol–water partition coefficient (Wildman–Crippen LogP) is 6.48. The second-order valence-corrected chi connectivity index (χ2v) is 7.06. The number of aromatic nitrogens is 1. The van der Waals surface area contributed by atoms with Crippen molar-refractivity contribution < 1.29 is 0 Å². The van der Waals surface area contributed by atoms with Crippen LogP contribution in [0, 0.1) is 27.7 Å². The van der Waals surface area contributed by atoms with E-state index in [1.165, 1.54) is 51.6 Å². The number of pyridine rings is 1. The third kappa shape index (κ3) is 3.21. The summed E-state index contributed by atoms with van der Waals surface area (Å²) in [5.74, 6) is 0. The fourth-order valence-electron chi connectivity index (χ4n) is 3.61. The van der Waals surface area contributed by atoms with Crippen molar-refractivity contribution in [2.75, 3.05) is 0 Å². The van der Waals surface area contributed by atoms with Crippen molar-refractivity contribution in [3.8, 4) is 11.3 Å². The number of hydrogen-bond donors (Lipinski definition) is 0. The molecule has 3 aromatic rings. The summed E-state index contributed by atoms with van der Waals surface area (Å²) in [5, 5.41) is 1.33. The summed E-state index contributed by atoms with van der Waals surface area (Å²) >= 11 is 0. The lowest BCUT2D eigenvalue weighted by molar-refractivity contribution is 0.795. The van der Waals surface area contributed by atoms with Gasteiger partial charge in [-0.3, -0.25) is 0 Å². The Morgan fingerprint density at radius 3 is 2.21 bits per heavy atom. The molecular formula is C23H27N. The summed E-state index contributed by atoms with van der Waals surface area (Å²) in [6, 6.07) is 13.4. The largest absolute Gasteiger partial charge is 0.247 e. The number of hydrogen-bond acceptors (Lipinski definition) is 1. The Hall–Kier alpha value is -2.15. The molecule has 3 rings (SSSR count). The number of benzene rings is 2. The lowest BCUT2D eigenvalue weighted by Gasteiger charge is -2.16. The highest BCUT2D eigenvalue weighted by Crippen LogP contribution is 2.32. The molecule has 0 radical (unpaired) electrons. The molecule has 0 amide bonds. The van der Waals surface area contributed by atoms with Crippen LogP contribution in [0.15, 0.2) is 36.4 Å². The second kappa shape index (κ2) is 6.76. The molecule has 0 N–H and O–H groups in total. The highest BCUT2D eigenvalue weighted by Gasteiger charge is 2.14. The molecule has 0 saturated carbocycles. The zero-order valence-electron chi connectivity index (χ0n) is 15.5. The fraction of sp³-hybridized carbons (Fsp3) is 0.348. The van der Waals surface area contributed by atoms with E-state index in [4.69, 9.17) is 4.98 Å². The molecule has 0 aliphatic rings. The van der Waals surface area contributed by atoms with Gasteiger partial charge in [0.25, 0.3) is 0 Å². The van der Waals surface area contributed by atoms with Crippen LogP contribution in [0.2, 0.25) is 0 Å². The van der Waals surface area contributed by atoms with Gasteiger partial charge in [-0.1, -0.05) is 42.2 Å². The molecule has 0 atom stereocenters. The van der Waals surface area contributed by atoms with Crippen molar-refractivity contribution in [1.82, 2.24) is 4.98 Å². The minimum Gasteiger partial charge on any atom is -0.247 e. The van der Waals surface area contributed by atoms with Crippen LogP contribution >= 0.6 is 0 Å². The molecule has 24 heavy (non-hydrogen) atoms. The molecule has 0 saturated heterocycles. The summed E-state index contributed by atoms with van der Waals surface area (Å²) in [6.45, 7) is 11.0. The van der Waals surface area contributed by atoms with E-state index >= 15 is 0 Å². The Balaban J connectivity index is 2.28.